The van der Waals surface area contributed by atoms with Gasteiger partial charge in [0.15, 0.2) is 11.5 Å². The van der Waals surface area contributed by atoms with E-state index < -0.39 is 0 Å². The van der Waals surface area contributed by atoms with E-state index in [1.165, 1.54) is 25.9 Å². The first-order valence-electron chi connectivity index (χ1n) is 9.68. The smallest absolute Gasteiger partial charge is 0.251 e. The zero-order valence-electron chi connectivity index (χ0n) is 15.2. The van der Waals surface area contributed by atoms with Gasteiger partial charge in [0.25, 0.3) is 5.91 Å². The number of ether oxygens (including phenoxy) is 2. The Morgan fingerprint density at radius 1 is 1.12 bits per heavy atom. The third kappa shape index (κ3) is 3.22. The number of nitrogens with one attached hydrogen (secondary N) is 1. The molecule has 0 aliphatic carbocycles. The number of carbonyl (C=O) groups excluding carboxylic acids is 1. The van der Waals surface area contributed by atoms with Crippen LogP contribution in [-0.4, -0.2) is 48.7 Å². The third-order valence-corrected chi connectivity index (χ3v) is 5.95. The summed E-state index contributed by atoms with van der Waals surface area (Å²) in [5.74, 6) is 2.06. The minimum Gasteiger partial charge on any atom is -0.483 e. The molecule has 3 fully saturated rings. The van der Waals surface area contributed by atoms with Crippen LogP contribution in [0.25, 0.3) is 0 Å². The van der Waals surface area contributed by atoms with E-state index in [9.17, 15) is 4.79 Å². The lowest BCUT2D eigenvalue weighted by Gasteiger charge is -2.44. The zero-order chi connectivity index (χ0) is 17.4. The predicted octanol–water partition coefficient (Wildman–Crippen LogP) is 2.84. The molecule has 1 N–H and O–H groups in total. The van der Waals surface area contributed by atoms with Crippen LogP contribution >= 0.6 is 0 Å². The molecular weight excluding hydrogens is 316 g/mol. The van der Waals surface area contributed by atoms with Crippen molar-refractivity contribution in [3.8, 4) is 11.5 Å². The summed E-state index contributed by atoms with van der Waals surface area (Å²) in [6, 6.07) is 5.82. The minimum atomic E-state index is -0.00388. The van der Waals surface area contributed by atoms with Gasteiger partial charge in [0, 0.05) is 18.2 Å². The number of hydrogen-bond acceptors (Lipinski definition) is 4. The maximum Gasteiger partial charge on any atom is 0.251 e. The molecule has 5 heteroatoms. The van der Waals surface area contributed by atoms with Crippen LogP contribution in [0.4, 0.5) is 0 Å². The number of nitrogens with zero attached hydrogens (tertiary/aromatic N) is 1. The molecule has 0 aromatic heterocycles. The van der Waals surface area contributed by atoms with Crippen LogP contribution in [0, 0.1) is 5.92 Å². The zero-order valence-corrected chi connectivity index (χ0v) is 15.2. The summed E-state index contributed by atoms with van der Waals surface area (Å²) >= 11 is 0. The van der Waals surface area contributed by atoms with Crippen LogP contribution in [0.1, 0.15) is 49.9 Å². The maximum absolute atomic E-state index is 12.7. The van der Waals surface area contributed by atoms with Crippen molar-refractivity contribution in [3.05, 3.63) is 23.8 Å². The van der Waals surface area contributed by atoms with Crippen molar-refractivity contribution in [2.45, 2.75) is 57.8 Å². The second-order valence-electron chi connectivity index (χ2n) is 7.51. The van der Waals surface area contributed by atoms with Gasteiger partial charge in [0.05, 0.1) is 0 Å². The molecule has 2 bridgehead atoms. The topological polar surface area (TPSA) is 50.8 Å². The van der Waals surface area contributed by atoms with E-state index >= 15 is 0 Å². The van der Waals surface area contributed by atoms with Gasteiger partial charge in [0.1, 0.15) is 12.2 Å². The third-order valence-electron chi connectivity index (χ3n) is 5.95. The summed E-state index contributed by atoms with van der Waals surface area (Å²) in [5.41, 5.74) is 0.656. The molecule has 1 aromatic rings. The second-order valence-corrected chi connectivity index (χ2v) is 7.51. The molecule has 4 aliphatic rings. The second kappa shape index (κ2) is 6.87. The van der Waals surface area contributed by atoms with Crippen molar-refractivity contribution in [2.24, 2.45) is 5.92 Å². The van der Waals surface area contributed by atoms with Crippen LogP contribution in [-0.2, 0) is 0 Å². The van der Waals surface area contributed by atoms with Crippen molar-refractivity contribution in [1.29, 1.82) is 0 Å². The Morgan fingerprint density at radius 3 is 2.40 bits per heavy atom. The van der Waals surface area contributed by atoms with E-state index in [0.29, 0.717) is 17.2 Å². The fraction of sp³-hybridized carbons (Fsp3) is 0.650. The van der Waals surface area contributed by atoms with Crippen molar-refractivity contribution >= 4 is 5.91 Å². The summed E-state index contributed by atoms with van der Waals surface area (Å²) < 4.78 is 12.1. The number of fused-ring (bicyclic) bond motifs is 4. The molecule has 0 radical (unpaired) electrons. The van der Waals surface area contributed by atoms with E-state index in [1.807, 2.05) is 18.2 Å². The Morgan fingerprint density at radius 2 is 1.80 bits per heavy atom. The highest BCUT2D eigenvalue weighted by Crippen LogP contribution is 2.36. The number of carbonyl (C=O) groups is 1. The molecule has 5 nitrogen and oxygen atoms in total. The molecule has 0 unspecified atom stereocenters. The number of benzene rings is 1. The SMILES string of the molecule is CC[C@H]1Oc2ccc(C(=O)N[C@H]3CN4CCC3CC4)cc2O[C@@H]1CC. The van der Waals surface area contributed by atoms with Crippen molar-refractivity contribution in [1.82, 2.24) is 10.2 Å². The van der Waals surface area contributed by atoms with E-state index in [-0.39, 0.29) is 24.2 Å². The number of amides is 1. The molecule has 4 aliphatic heterocycles. The molecule has 3 saturated heterocycles. The van der Waals surface area contributed by atoms with Crippen LogP contribution in [0.3, 0.4) is 0 Å². The van der Waals surface area contributed by atoms with Gasteiger partial charge >= 0.3 is 0 Å². The van der Waals surface area contributed by atoms with Crippen molar-refractivity contribution in [3.63, 3.8) is 0 Å². The fourth-order valence-electron chi connectivity index (χ4n) is 4.39. The average molecular weight is 344 g/mol. The molecular formula is C20H28N2O3. The lowest BCUT2D eigenvalue weighted by atomic mass is 9.84. The molecule has 1 amide bonds. The summed E-state index contributed by atoms with van der Waals surface area (Å²) in [7, 11) is 0. The van der Waals surface area contributed by atoms with Gasteiger partial charge in [-0.05, 0) is 62.9 Å². The molecule has 0 spiro atoms. The summed E-state index contributed by atoms with van der Waals surface area (Å²) in [4.78, 5) is 15.2. The van der Waals surface area contributed by atoms with Gasteiger partial charge in [-0.2, -0.15) is 0 Å². The summed E-state index contributed by atoms with van der Waals surface area (Å²) in [6.07, 6.45) is 4.35. The van der Waals surface area contributed by atoms with Crippen molar-refractivity contribution < 1.29 is 14.3 Å². The highest BCUT2D eigenvalue weighted by Gasteiger charge is 2.35. The van der Waals surface area contributed by atoms with Gasteiger partial charge in [-0.25, -0.2) is 0 Å². The van der Waals surface area contributed by atoms with Gasteiger partial charge in [-0.3, -0.25) is 4.79 Å². The largest absolute Gasteiger partial charge is 0.483 e. The van der Waals surface area contributed by atoms with E-state index in [0.717, 1.165) is 25.1 Å². The minimum absolute atomic E-state index is 0.00388. The Hall–Kier alpha value is -1.75. The average Bonchev–Trinajstić information content (AvgIpc) is 2.67. The van der Waals surface area contributed by atoms with Crippen LogP contribution in [0.2, 0.25) is 0 Å². The van der Waals surface area contributed by atoms with Gasteiger partial charge in [-0.1, -0.05) is 13.8 Å². The monoisotopic (exact) mass is 344 g/mol. The standard InChI is InChI=1S/C20H28N2O3/c1-3-16-17(4-2)25-19-11-14(5-6-18(19)24-16)20(23)21-15-12-22-9-7-13(15)8-10-22/h5-6,11,13,15-17H,3-4,7-10,12H2,1-2H3,(H,21,23)/t15-,16+,17+/m0/s1. The van der Waals surface area contributed by atoms with E-state index in [1.54, 1.807) is 0 Å². The first kappa shape index (κ1) is 16.7. The molecule has 3 atom stereocenters. The predicted molar refractivity (Wildman–Crippen MR) is 96.3 cm³/mol. The van der Waals surface area contributed by atoms with E-state index in [4.69, 9.17) is 9.47 Å². The van der Waals surface area contributed by atoms with Crippen LogP contribution in [0.5, 0.6) is 11.5 Å². The Labute approximate surface area is 149 Å². The normalized spacial score (nSPS) is 33.1. The van der Waals surface area contributed by atoms with Crippen molar-refractivity contribution in [2.75, 3.05) is 19.6 Å². The quantitative estimate of drug-likeness (QED) is 0.912. The number of rotatable bonds is 4. The number of piperidine rings is 3. The van der Waals surface area contributed by atoms with Crippen LogP contribution < -0.4 is 14.8 Å². The summed E-state index contributed by atoms with van der Waals surface area (Å²) in [5, 5.41) is 3.24. The number of hydrogen-bond donors (Lipinski definition) is 1. The van der Waals surface area contributed by atoms with Crippen LogP contribution in [0.15, 0.2) is 18.2 Å². The Bertz CT molecular complexity index is 640. The molecule has 25 heavy (non-hydrogen) atoms. The molecule has 0 saturated carbocycles. The highest BCUT2D eigenvalue weighted by atomic mass is 16.6. The fourth-order valence-corrected chi connectivity index (χ4v) is 4.39. The lowest BCUT2D eigenvalue weighted by Crippen LogP contribution is -2.57. The summed E-state index contributed by atoms with van der Waals surface area (Å²) in [6.45, 7) is 7.55. The van der Waals surface area contributed by atoms with Gasteiger partial charge < -0.3 is 19.7 Å². The van der Waals surface area contributed by atoms with E-state index in [2.05, 4.69) is 24.1 Å². The Balaban J connectivity index is 1.47. The maximum atomic E-state index is 12.7. The first-order chi connectivity index (χ1) is 12.2. The van der Waals surface area contributed by atoms with Gasteiger partial charge in [0.2, 0.25) is 0 Å². The molecule has 4 heterocycles. The first-order valence-corrected chi connectivity index (χ1v) is 9.68. The van der Waals surface area contributed by atoms with Gasteiger partial charge in [-0.15, -0.1) is 0 Å². The molecule has 5 rings (SSSR count). The molecule has 136 valence electrons. The lowest BCUT2D eigenvalue weighted by molar-refractivity contribution is 0.0168. The molecule has 1 aromatic carbocycles. The highest BCUT2D eigenvalue weighted by molar-refractivity contribution is 5.95. The Kier molecular flexibility index (Phi) is 4.59.